The molecule has 0 aliphatic carbocycles. The largest absolute Gasteiger partial charge is 0.496 e. The molecule has 4 nitrogen and oxygen atoms in total. The molecule has 16 heavy (non-hydrogen) atoms. The van der Waals surface area contributed by atoms with E-state index in [1.54, 1.807) is 6.07 Å². The first-order valence-electron chi connectivity index (χ1n) is 4.95. The fourth-order valence-corrected chi connectivity index (χ4v) is 1.38. The number of amides is 1. The van der Waals surface area contributed by atoms with E-state index in [4.69, 9.17) is 10.5 Å². The summed E-state index contributed by atoms with van der Waals surface area (Å²) in [5.74, 6) is -0.0702. The van der Waals surface area contributed by atoms with E-state index in [9.17, 15) is 9.18 Å². The monoisotopic (exact) mass is 226 g/mol. The van der Waals surface area contributed by atoms with Crippen LogP contribution in [0.15, 0.2) is 18.2 Å². The summed E-state index contributed by atoms with van der Waals surface area (Å²) in [5.41, 5.74) is 5.73. The van der Waals surface area contributed by atoms with E-state index in [1.165, 1.54) is 19.2 Å². The molecule has 3 N–H and O–H groups in total. The topological polar surface area (TPSA) is 64.3 Å². The van der Waals surface area contributed by atoms with Gasteiger partial charge in [-0.25, -0.2) is 4.39 Å². The second kappa shape index (κ2) is 6.07. The molecule has 0 aliphatic rings. The summed E-state index contributed by atoms with van der Waals surface area (Å²) in [6, 6.07) is 4.35. The van der Waals surface area contributed by atoms with Crippen LogP contribution < -0.4 is 15.8 Å². The molecule has 5 heteroatoms. The lowest BCUT2D eigenvalue weighted by molar-refractivity contribution is -0.117. The highest BCUT2D eigenvalue weighted by atomic mass is 19.1. The Balaban J connectivity index is 2.51. The van der Waals surface area contributed by atoms with Gasteiger partial charge in [-0.3, -0.25) is 4.79 Å². The van der Waals surface area contributed by atoms with E-state index in [0.29, 0.717) is 18.7 Å². The lowest BCUT2D eigenvalue weighted by atomic mass is 10.1. The van der Waals surface area contributed by atoms with Gasteiger partial charge in [0.05, 0.1) is 13.7 Å². The Hall–Kier alpha value is -1.62. The zero-order chi connectivity index (χ0) is 12.0. The number of primary amides is 1. The SMILES string of the molecule is COc1ccc(F)cc1CCNCC(N)=O. The van der Waals surface area contributed by atoms with Crippen LogP contribution in [0.1, 0.15) is 5.56 Å². The maximum atomic E-state index is 13.0. The molecule has 88 valence electrons. The van der Waals surface area contributed by atoms with Crippen LogP contribution in [0.3, 0.4) is 0 Å². The summed E-state index contributed by atoms with van der Waals surface area (Å²) >= 11 is 0. The lowest BCUT2D eigenvalue weighted by Gasteiger charge is -2.08. The van der Waals surface area contributed by atoms with Crippen molar-refractivity contribution in [2.45, 2.75) is 6.42 Å². The standard InChI is InChI=1S/C11H15FN2O2/c1-16-10-3-2-9(12)6-8(10)4-5-14-7-11(13)15/h2-3,6,14H,4-5,7H2,1H3,(H2,13,15). The zero-order valence-corrected chi connectivity index (χ0v) is 9.13. The molecule has 0 aromatic heterocycles. The number of hydrogen-bond acceptors (Lipinski definition) is 3. The van der Waals surface area contributed by atoms with E-state index < -0.39 is 5.91 Å². The molecule has 0 aliphatic heterocycles. The third-order valence-electron chi connectivity index (χ3n) is 2.11. The second-order valence-electron chi connectivity index (χ2n) is 3.35. The number of rotatable bonds is 6. The van der Waals surface area contributed by atoms with Gasteiger partial charge < -0.3 is 15.8 Å². The molecule has 0 bridgehead atoms. The van der Waals surface area contributed by atoms with Gasteiger partial charge in [0.2, 0.25) is 5.91 Å². The third-order valence-corrected chi connectivity index (χ3v) is 2.11. The fourth-order valence-electron chi connectivity index (χ4n) is 1.38. The number of methoxy groups -OCH3 is 1. The van der Waals surface area contributed by atoms with Crippen molar-refractivity contribution in [1.82, 2.24) is 5.32 Å². The number of carbonyl (C=O) groups excluding carboxylic acids is 1. The van der Waals surface area contributed by atoms with Crippen LogP contribution in [0.2, 0.25) is 0 Å². The van der Waals surface area contributed by atoms with Gasteiger partial charge in [0, 0.05) is 0 Å². The van der Waals surface area contributed by atoms with Crippen molar-refractivity contribution in [3.05, 3.63) is 29.6 Å². The number of halogens is 1. The highest BCUT2D eigenvalue weighted by molar-refractivity contribution is 5.75. The minimum absolute atomic E-state index is 0.123. The van der Waals surface area contributed by atoms with E-state index in [-0.39, 0.29) is 12.4 Å². The molecule has 0 radical (unpaired) electrons. The van der Waals surface area contributed by atoms with Gasteiger partial charge in [-0.2, -0.15) is 0 Å². The van der Waals surface area contributed by atoms with Crippen LogP contribution in [-0.2, 0) is 11.2 Å². The van der Waals surface area contributed by atoms with Crippen LogP contribution in [0.5, 0.6) is 5.75 Å². The number of hydrogen-bond donors (Lipinski definition) is 2. The minimum atomic E-state index is -0.411. The van der Waals surface area contributed by atoms with E-state index >= 15 is 0 Å². The Morgan fingerprint density at radius 1 is 1.56 bits per heavy atom. The van der Waals surface area contributed by atoms with Crippen molar-refractivity contribution >= 4 is 5.91 Å². The van der Waals surface area contributed by atoms with E-state index in [1.807, 2.05) is 0 Å². The average Bonchev–Trinajstić information content (AvgIpc) is 2.24. The molecular weight excluding hydrogens is 211 g/mol. The number of ether oxygens (including phenoxy) is 1. The third kappa shape index (κ3) is 3.86. The van der Waals surface area contributed by atoms with Crippen molar-refractivity contribution in [2.24, 2.45) is 5.73 Å². The molecule has 1 rings (SSSR count). The van der Waals surface area contributed by atoms with E-state index in [2.05, 4.69) is 5.32 Å². The normalized spacial score (nSPS) is 10.1. The van der Waals surface area contributed by atoms with Crippen molar-refractivity contribution in [3.63, 3.8) is 0 Å². The predicted molar refractivity (Wildman–Crippen MR) is 58.7 cm³/mol. The molecule has 1 aromatic carbocycles. The summed E-state index contributed by atoms with van der Waals surface area (Å²) in [6.07, 6.45) is 0.578. The summed E-state index contributed by atoms with van der Waals surface area (Å²) in [6.45, 7) is 0.667. The highest BCUT2D eigenvalue weighted by Gasteiger charge is 2.04. The van der Waals surface area contributed by atoms with Gasteiger partial charge in [-0.05, 0) is 36.7 Å². The second-order valence-corrected chi connectivity index (χ2v) is 3.35. The van der Waals surface area contributed by atoms with Gasteiger partial charge in [0.15, 0.2) is 0 Å². The number of nitrogens with two attached hydrogens (primary N) is 1. The molecule has 0 fully saturated rings. The van der Waals surface area contributed by atoms with Crippen LogP contribution in [0, 0.1) is 5.82 Å². The smallest absolute Gasteiger partial charge is 0.231 e. The maximum absolute atomic E-state index is 13.0. The fraction of sp³-hybridized carbons (Fsp3) is 0.364. The van der Waals surface area contributed by atoms with Gasteiger partial charge in [0.1, 0.15) is 11.6 Å². The maximum Gasteiger partial charge on any atom is 0.231 e. The quantitative estimate of drug-likeness (QED) is 0.692. The summed E-state index contributed by atoms with van der Waals surface area (Å²) in [4.78, 5) is 10.5. The van der Waals surface area contributed by atoms with Crippen LogP contribution >= 0.6 is 0 Å². The Morgan fingerprint density at radius 3 is 2.94 bits per heavy atom. The van der Waals surface area contributed by atoms with Crippen molar-refractivity contribution in [1.29, 1.82) is 0 Å². The lowest BCUT2D eigenvalue weighted by Crippen LogP contribution is -2.29. The first-order chi connectivity index (χ1) is 7.63. The molecule has 0 spiro atoms. The van der Waals surface area contributed by atoms with Crippen LogP contribution in [0.25, 0.3) is 0 Å². The molecule has 0 atom stereocenters. The van der Waals surface area contributed by atoms with Crippen LogP contribution in [-0.4, -0.2) is 26.1 Å². The van der Waals surface area contributed by atoms with Crippen molar-refractivity contribution in [3.8, 4) is 5.75 Å². The number of benzene rings is 1. The summed E-state index contributed by atoms with van der Waals surface area (Å²) in [7, 11) is 1.54. The zero-order valence-electron chi connectivity index (χ0n) is 9.13. The number of carbonyl (C=O) groups is 1. The molecule has 0 saturated carbocycles. The van der Waals surface area contributed by atoms with Gasteiger partial charge >= 0.3 is 0 Å². The van der Waals surface area contributed by atoms with Crippen molar-refractivity contribution < 1.29 is 13.9 Å². The Kier molecular flexibility index (Phi) is 4.72. The first-order valence-corrected chi connectivity index (χ1v) is 4.95. The Morgan fingerprint density at radius 2 is 2.31 bits per heavy atom. The first kappa shape index (κ1) is 12.4. The minimum Gasteiger partial charge on any atom is -0.496 e. The van der Waals surface area contributed by atoms with Gasteiger partial charge in [0.25, 0.3) is 0 Å². The molecule has 1 amide bonds. The van der Waals surface area contributed by atoms with E-state index in [0.717, 1.165) is 5.56 Å². The van der Waals surface area contributed by atoms with Gasteiger partial charge in [-0.1, -0.05) is 0 Å². The van der Waals surface area contributed by atoms with Gasteiger partial charge in [-0.15, -0.1) is 0 Å². The molecular formula is C11H15FN2O2. The average molecular weight is 226 g/mol. The van der Waals surface area contributed by atoms with Crippen LogP contribution in [0.4, 0.5) is 4.39 Å². The Labute approximate surface area is 93.6 Å². The summed E-state index contributed by atoms with van der Waals surface area (Å²) < 4.78 is 18.1. The molecule has 1 aromatic rings. The molecule has 0 heterocycles. The molecule has 0 unspecified atom stereocenters. The Bertz CT molecular complexity index is 369. The number of nitrogens with one attached hydrogen (secondary N) is 1. The predicted octanol–water partition coefficient (Wildman–Crippen LogP) is 0.452. The van der Waals surface area contributed by atoms with Crippen molar-refractivity contribution in [2.75, 3.05) is 20.2 Å². The highest BCUT2D eigenvalue weighted by Crippen LogP contribution is 2.19. The summed E-state index contributed by atoms with van der Waals surface area (Å²) in [5, 5.41) is 2.85. The molecule has 0 saturated heterocycles.